The van der Waals surface area contributed by atoms with Crippen LogP contribution in [0, 0.1) is 6.92 Å². The molecule has 2 rings (SSSR count). The molecular weight excluding hydrogens is 154 g/mol. The van der Waals surface area contributed by atoms with Gasteiger partial charge in [-0.3, -0.25) is 4.90 Å². The van der Waals surface area contributed by atoms with E-state index in [1.165, 1.54) is 0 Å². The molecule has 0 bridgehead atoms. The van der Waals surface area contributed by atoms with Crippen molar-refractivity contribution < 1.29 is 4.42 Å². The van der Waals surface area contributed by atoms with Crippen molar-refractivity contribution in [3.8, 4) is 0 Å². The van der Waals surface area contributed by atoms with Gasteiger partial charge in [-0.25, -0.2) is 4.98 Å². The largest absolute Gasteiger partial charge is 0.445 e. The number of rotatable bonds is 2. The maximum Gasteiger partial charge on any atom is 0.208 e. The van der Waals surface area contributed by atoms with Crippen LogP contribution in [0.4, 0.5) is 0 Å². The minimum atomic E-state index is 0.348. The van der Waals surface area contributed by atoms with E-state index in [0.29, 0.717) is 6.04 Å². The number of hydrogen-bond acceptors (Lipinski definition) is 4. The quantitative estimate of drug-likeness (QED) is 0.680. The summed E-state index contributed by atoms with van der Waals surface area (Å²) in [4.78, 5) is 6.33. The van der Waals surface area contributed by atoms with E-state index in [0.717, 1.165) is 31.3 Å². The predicted octanol–water partition coefficient (Wildman–Crippen LogP) is 0.126. The smallest absolute Gasteiger partial charge is 0.208 e. The van der Waals surface area contributed by atoms with E-state index >= 15 is 0 Å². The van der Waals surface area contributed by atoms with Gasteiger partial charge in [-0.15, -0.1) is 0 Å². The highest BCUT2D eigenvalue weighted by Gasteiger charge is 2.23. The van der Waals surface area contributed by atoms with Crippen LogP contribution in [0.3, 0.4) is 0 Å². The zero-order valence-electron chi connectivity index (χ0n) is 7.16. The predicted molar refractivity (Wildman–Crippen MR) is 44.5 cm³/mol. The monoisotopic (exact) mass is 167 g/mol. The molecule has 0 aliphatic carbocycles. The third kappa shape index (κ3) is 1.49. The van der Waals surface area contributed by atoms with Crippen LogP contribution < -0.4 is 5.73 Å². The summed E-state index contributed by atoms with van der Waals surface area (Å²) in [5.74, 6) is 1.66. The summed E-state index contributed by atoms with van der Waals surface area (Å²) < 4.78 is 5.33. The van der Waals surface area contributed by atoms with Gasteiger partial charge in [0.05, 0.1) is 12.7 Å². The fraction of sp³-hybridized carbons (Fsp3) is 0.625. The molecule has 0 atom stereocenters. The SMILES string of the molecule is Cc1cnc(CN2CC(N)C2)o1. The van der Waals surface area contributed by atoms with Gasteiger partial charge in [0.15, 0.2) is 0 Å². The Hall–Kier alpha value is -0.870. The Morgan fingerprint density at radius 3 is 3.00 bits per heavy atom. The molecule has 2 N–H and O–H groups in total. The molecule has 1 aliphatic rings. The zero-order valence-corrected chi connectivity index (χ0v) is 7.16. The molecule has 2 heterocycles. The minimum Gasteiger partial charge on any atom is -0.445 e. The van der Waals surface area contributed by atoms with Crippen molar-refractivity contribution in [2.24, 2.45) is 5.73 Å². The standard InChI is InChI=1S/C8H13N3O/c1-6-2-10-8(12-6)5-11-3-7(9)4-11/h2,7H,3-5,9H2,1H3. The first-order chi connectivity index (χ1) is 5.74. The number of oxazole rings is 1. The molecule has 0 spiro atoms. The second-order valence-electron chi connectivity index (χ2n) is 3.32. The van der Waals surface area contributed by atoms with Crippen LogP contribution in [0.5, 0.6) is 0 Å². The lowest BCUT2D eigenvalue weighted by atomic mass is 10.1. The molecule has 1 aliphatic heterocycles. The normalized spacial score (nSPS) is 19.5. The van der Waals surface area contributed by atoms with Crippen molar-refractivity contribution in [3.05, 3.63) is 17.8 Å². The van der Waals surface area contributed by atoms with E-state index in [1.54, 1.807) is 6.20 Å². The van der Waals surface area contributed by atoms with Gasteiger partial charge < -0.3 is 10.2 Å². The van der Waals surface area contributed by atoms with E-state index < -0.39 is 0 Å². The average Bonchev–Trinajstić information content (AvgIpc) is 2.33. The van der Waals surface area contributed by atoms with Gasteiger partial charge in [0.2, 0.25) is 5.89 Å². The van der Waals surface area contributed by atoms with Crippen LogP contribution in [0.2, 0.25) is 0 Å². The summed E-state index contributed by atoms with van der Waals surface area (Å²) in [6, 6.07) is 0.348. The summed E-state index contributed by atoms with van der Waals surface area (Å²) >= 11 is 0. The van der Waals surface area contributed by atoms with Crippen molar-refractivity contribution in [1.82, 2.24) is 9.88 Å². The number of nitrogens with two attached hydrogens (primary N) is 1. The Kier molecular flexibility index (Phi) is 1.86. The van der Waals surface area contributed by atoms with Crippen LogP contribution in [0.1, 0.15) is 11.7 Å². The molecule has 1 aromatic rings. The van der Waals surface area contributed by atoms with Crippen LogP contribution in [0.15, 0.2) is 10.6 Å². The van der Waals surface area contributed by atoms with E-state index in [4.69, 9.17) is 10.2 Å². The van der Waals surface area contributed by atoms with Gasteiger partial charge in [0.1, 0.15) is 5.76 Å². The van der Waals surface area contributed by atoms with Gasteiger partial charge in [0, 0.05) is 19.1 Å². The van der Waals surface area contributed by atoms with Crippen molar-refractivity contribution in [2.75, 3.05) is 13.1 Å². The summed E-state index contributed by atoms with van der Waals surface area (Å²) in [7, 11) is 0. The lowest BCUT2D eigenvalue weighted by Crippen LogP contribution is -2.54. The minimum absolute atomic E-state index is 0.348. The number of nitrogens with zero attached hydrogens (tertiary/aromatic N) is 2. The first kappa shape index (κ1) is 7.76. The number of aromatic nitrogens is 1. The Bertz CT molecular complexity index is 265. The van der Waals surface area contributed by atoms with E-state index in [9.17, 15) is 0 Å². The molecule has 1 aromatic heterocycles. The van der Waals surface area contributed by atoms with Crippen LogP contribution >= 0.6 is 0 Å². The highest BCUT2D eigenvalue weighted by molar-refractivity contribution is 4.93. The highest BCUT2D eigenvalue weighted by Crippen LogP contribution is 2.11. The maximum atomic E-state index is 5.64. The van der Waals surface area contributed by atoms with Gasteiger partial charge >= 0.3 is 0 Å². The van der Waals surface area contributed by atoms with Crippen LogP contribution in [-0.2, 0) is 6.54 Å². The molecule has 66 valence electrons. The third-order valence-electron chi connectivity index (χ3n) is 2.01. The molecule has 4 nitrogen and oxygen atoms in total. The average molecular weight is 167 g/mol. The summed E-state index contributed by atoms with van der Waals surface area (Å²) in [5.41, 5.74) is 5.64. The Morgan fingerprint density at radius 1 is 1.75 bits per heavy atom. The van der Waals surface area contributed by atoms with E-state index in [2.05, 4.69) is 9.88 Å². The number of aryl methyl sites for hydroxylation is 1. The second kappa shape index (κ2) is 2.88. The summed E-state index contributed by atoms with van der Waals surface area (Å²) in [6.07, 6.45) is 1.75. The fourth-order valence-corrected chi connectivity index (χ4v) is 1.40. The first-order valence-electron chi connectivity index (χ1n) is 4.13. The van der Waals surface area contributed by atoms with E-state index in [-0.39, 0.29) is 0 Å². The molecule has 0 amide bonds. The first-order valence-corrected chi connectivity index (χ1v) is 4.13. The van der Waals surface area contributed by atoms with Crippen molar-refractivity contribution in [3.63, 3.8) is 0 Å². The van der Waals surface area contributed by atoms with Crippen molar-refractivity contribution in [2.45, 2.75) is 19.5 Å². The molecule has 4 heteroatoms. The Morgan fingerprint density at radius 2 is 2.50 bits per heavy atom. The van der Waals surface area contributed by atoms with Gasteiger partial charge in [-0.2, -0.15) is 0 Å². The van der Waals surface area contributed by atoms with Crippen molar-refractivity contribution in [1.29, 1.82) is 0 Å². The van der Waals surface area contributed by atoms with E-state index in [1.807, 2.05) is 6.92 Å². The molecule has 0 saturated carbocycles. The molecular formula is C8H13N3O. The number of hydrogen-bond donors (Lipinski definition) is 1. The molecule has 0 aromatic carbocycles. The fourth-order valence-electron chi connectivity index (χ4n) is 1.40. The highest BCUT2D eigenvalue weighted by atomic mass is 16.4. The molecule has 1 saturated heterocycles. The Balaban J connectivity index is 1.88. The van der Waals surface area contributed by atoms with Crippen LogP contribution in [-0.4, -0.2) is 29.0 Å². The molecule has 0 unspecified atom stereocenters. The van der Waals surface area contributed by atoms with Crippen LogP contribution in [0.25, 0.3) is 0 Å². The van der Waals surface area contributed by atoms with Gasteiger partial charge in [-0.05, 0) is 6.92 Å². The third-order valence-corrected chi connectivity index (χ3v) is 2.01. The molecule has 0 radical (unpaired) electrons. The van der Waals surface area contributed by atoms with Gasteiger partial charge in [-0.1, -0.05) is 0 Å². The second-order valence-corrected chi connectivity index (χ2v) is 3.32. The molecule has 1 fully saturated rings. The zero-order chi connectivity index (χ0) is 8.55. The lowest BCUT2D eigenvalue weighted by molar-refractivity contribution is 0.128. The topological polar surface area (TPSA) is 55.3 Å². The van der Waals surface area contributed by atoms with Gasteiger partial charge in [0.25, 0.3) is 0 Å². The van der Waals surface area contributed by atoms with Crippen molar-refractivity contribution >= 4 is 0 Å². The lowest BCUT2D eigenvalue weighted by Gasteiger charge is -2.35. The maximum absolute atomic E-state index is 5.64. The summed E-state index contributed by atoms with van der Waals surface area (Å²) in [5, 5.41) is 0. The Labute approximate surface area is 71.4 Å². The molecule has 12 heavy (non-hydrogen) atoms. The number of likely N-dealkylation sites (tertiary alicyclic amines) is 1. The summed E-state index contributed by atoms with van der Waals surface area (Å²) in [6.45, 7) is 4.61.